The highest BCUT2D eigenvalue weighted by Gasteiger charge is 2.33. The number of likely N-dealkylation sites (N-methyl/N-ethyl adjacent to an activating group) is 1. The van der Waals surface area contributed by atoms with Gasteiger partial charge in [0, 0.05) is 31.1 Å². The Bertz CT molecular complexity index is 786. The summed E-state index contributed by atoms with van der Waals surface area (Å²) < 4.78 is 43.2. The maximum absolute atomic E-state index is 13.2. The fraction of sp³-hybridized carbons (Fsp3) is 0.619. The Morgan fingerprint density at radius 2 is 2.06 bits per heavy atom. The molecule has 0 saturated carbocycles. The lowest BCUT2D eigenvalue weighted by atomic mass is 9.99. The number of aliphatic hydroxyl groups is 1. The monoisotopic (exact) mass is 445 g/mol. The number of rotatable bonds is 7. The first-order chi connectivity index (χ1) is 14.4. The van der Waals surface area contributed by atoms with Crippen LogP contribution in [0.3, 0.4) is 0 Å². The zero-order valence-corrected chi connectivity index (χ0v) is 18.2. The molecule has 2 amide bonds. The number of aliphatic hydroxyl groups excluding tert-OH is 1. The predicted molar refractivity (Wildman–Crippen MR) is 110 cm³/mol. The molecule has 31 heavy (non-hydrogen) atoms. The average molecular weight is 445 g/mol. The minimum Gasteiger partial charge on any atom is -0.488 e. The molecule has 0 radical (unpaired) electrons. The first-order valence-corrected chi connectivity index (χ1v) is 10.1. The summed E-state index contributed by atoms with van der Waals surface area (Å²) in [6.45, 7) is 4.45. The Kier molecular flexibility index (Phi) is 8.30. The van der Waals surface area contributed by atoms with Gasteiger partial charge in [-0.05, 0) is 39.2 Å². The van der Waals surface area contributed by atoms with Gasteiger partial charge in [0.2, 0.25) is 5.91 Å². The van der Waals surface area contributed by atoms with Crippen LogP contribution in [0.5, 0.6) is 5.75 Å². The fourth-order valence-electron chi connectivity index (χ4n) is 3.36. The summed E-state index contributed by atoms with van der Waals surface area (Å²) >= 11 is 0. The molecule has 1 heterocycles. The molecule has 1 aliphatic heterocycles. The molecule has 0 aliphatic carbocycles. The normalized spacial score (nSPS) is 20.5. The van der Waals surface area contributed by atoms with E-state index in [0.717, 1.165) is 0 Å². The lowest BCUT2D eigenvalue weighted by Crippen LogP contribution is -2.49. The molecule has 1 aromatic carbocycles. The Hall–Kier alpha value is -2.33. The van der Waals surface area contributed by atoms with Gasteiger partial charge in [0.05, 0.1) is 24.6 Å². The van der Waals surface area contributed by atoms with Crippen molar-refractivity contribution in [2.24, 2.45) is 5.92 Å². The van der Waals surface area contributed by atoms with Crippen LogP contribution in [0.25, 0.3) is 0 Å². The van der Waals surface area contributed by atoms with Gasteiger partial charge in [-0.2, -0.15) is 13.2 Å². The molecule has 10 heteroatoms. The Balaban J connectivity index is 2.34. The number of ether oxygens (including phenoxy) is 1. The minimum absolute atomic E-state index is 0.0183. The van der Waals surface area contributed by atoms with Crippen LogP contribution in [0, 0.1) is 5.92 Å². The fourth-order valence-corrected chi connectivity index (χ4v) is 3.36. The van der Waals surface area contributed by atoms with Crippen molar-refractivity contribution in [3.8, 4) is 5.75 Å². The molecule has 2 rings (SSSR count). The number of carbonyl (C=O) groups is 2. The van der Waals surface area contributed by atoms with E-state index in [1.807, 2.05) is 25.9 Å². The molecule has 0 spiro atoms. The molecule has 0 aromatic heterocycles. The number of halogens is 3. The molecule has 1 aromatic rings. The Morgan fingerprint density at radius 1 is 1.39 bits per heavy atom. The second-order valence-electron chi connectivity index (χ2n) is 8.26. The molecule has 174 valence electrons. The van der Waals surface area contributed by atoms with Crippen LogP contribution in [0.15, 0.2) is 18.2 Å². The average Bonchev–Trinajstić information content (AvgIpc) is 2.68. The van der Waals surface area contributed by atoms with Gasteiger partial charge in [-0.15, -0.1) is 0 Å². The van der Waals surface area contributed by atoms with Gasteiger partial charge in [0.15, 0.2) is 0 Å². The number of hydrogen-bond acceptors (Lipinski definition) is 5. The van der Waals surface area contributed by atoms with Crippen LogP contribution >= 0.6 is 0 Å². The van der Waals surface area contributed by atoms with Crippen molar-refractivity contribution in [1.29, 1.82) is 0 Å². The molecule has 0 bridgehead atoms. The summed E-state index contributed by atoms with van der Waals surface area (Å²) in [6.07, 6.45) is -6.59. The number of benzene rings is 1. The van der Waals surface area contributed by atoms with Gasteiger partial charge in [0.1, 0.15) is 11.9 Å². The number of carbonyl (C=O) groups excluding carboxylic acids is 2. The first kappa shape index (κ1) is 24.9. The highest BCUT2D eigenvalue weighted by molar-refractivity contribution is 5.99. The van der Waals surface area contributed by atoms with Crippen LogP contribution in [0.4, 0.5) is 18.9 Å². The zero-order valence-electron chi connectivity index (χ0n) is 18.2. The molecular weight excluding hydrogens is 415 g/mol. The van der Waals surface area contributed by atoms with Crippen molar-refractivity contribution < 1.29 is 32.6 Å². The Morgan fingerprint density at radius 3 is 2.65 bits per heavy atom. The highest BCUT2D eigenvalue weighted by atomic mass is 19.4. The molecule has 7 nitrogen and oxygen atoms in total. The van der Waals surface area contributed by atoms with E-state index in [1.54, 1.807) is 11.8 Å². The molecule has 0 fully saturated rings. The third-order valence-corrected chi connectivity index (χ3v) is 5.13. The van der Waals surface area contributed by atoms with Gasteiger partial charge in [-0.25, -0.2) is 0 Å². The zero-order chi connectivity index (χ0) is 23.3. The summed E-state index contributed by atoms with van der Waals surface area (Å²) in [5.41, 5.74) is 0.391. The summed E-state index contributed by atoms with van der Waals surface area (Å²) in [7, 11) is 3.82. The van der Waals surface area contributed by atoms with Crippen molar-refractivity contribution >= 4 is 17.5 Å². The lowest BCUT2D eigenvalue weighted by Gasteiger charge is -2.37. The van der Waals surface area contributed by atoms with Gasteiger partial charge in [-0.3, -0.25) is 9.59 Å². The molecule has 3 atom stereocenters. The maximum atomic E-state index is 13.2. The third kappa shape index (κ3) is 7.10. The SMILES string of the molecule is C[C@@H]1CN([C@@H](C)CO)C(=O)c2cc(NC(=O)CCC(F)(F)F)ccc2O[C@@H]1CN(C)C. The Labute approximate surface area is 180 Å². The third-order valence-electron chi connectivity index (χ3n) is 5.13. The van der Waals surface area contributed by atoms with E-state index in [2.05, 4.69) is 5.32 Å². The van der Waals surface area contributed by atoms with Crippen molar-refractivity contribution in [3.05, 3.63) is 23.8 Å². The van der Waals surface area contributed by atoms with Crippen LogP contribution < -0.4 is 10.1 Å². The number of nitrogens with zero attached hydrogens (tertiary/aromatic N) is 2. The molecule has 1 aliphatic rings. The van der Waals surface area contributed by atoms with Gasteiger partial charge in [-0.1, -0.05) is 6.92 Å². The summed E-state index contributed by atoms with van der Waals surface area (Å²) in [6, 6.07) is 4.00. The first-order valence-electron chi connectivity index (χ1n) is 10.1. The van der Waals surface area contributed by atoms with Gasteiger partial charge >= 0.3 is 6.18 Å². The van der Waals surface area contributed by atoms with Gasteiger partial charge < -0.3 is 25.0 Å². The molecule has 0 unspecified atom stereocenters. The van der Waals surface area contributed by atoms with E-state index in [0.29, 0.717) is 18.8 Å². The standard InChI is InChI=1S/C21H30F3N3O4/c1-13-10-27(14(2)12-28)20(30)16-9-15(25-19(29)7-8-21(22,23)24)5-6-17(16)31-18(13)11-26(3)4/h5-6,9,13-14,18,28H,7-8,10-12H2,1-4H3,(H,25,29)/t13-,14+,18-/m1/s1. The number of fused-ring (bicyclic) bond motifs is 1. The van der Waals surface area contributed by atoms with Crippen molar-refractivity contribution in [2.45, 2.75) is 45.0 Å². The van der Waals surface area contributed by atoms with E-state index in [-0.39, 0.29) is 35.8 Å². The van der Waals surface area contributed by atoms with Crippen LogP contribution in [-0.2, 0) is 4.79 Å². The number of amides is 2. The van der Waals surface area contributed by atoms with E-state index in [1.165, 1.54) is 18.2 Å². The highest BCUT2D eigenvalue weighted by Crippen LogP contribution is 2.31. The van der Waals surface area contributed by atoms with E-state index < -0.39 is 31.0 Å². The smallest absolute Gasteiger partial charge is 0.389 e. The summed E-state index contributed by atoms with van der Waals surface area (Å²) in [5, 5.41) is 12.0. The van der Waals surface area contributed by atoms with E-state index in [4.69, 9.17) is 4.74 Å². The summed E-state index contributed by atoms with van der Waals surface area (Å²) in [5.74, 6) is -0.864. The van der Waals surface area contributed by atoms with Crippen LogP contribution in [0.1, 0.15) is 37.0 Å². The molecular formula is C21H30F3N3O4. The lowest BCUT2D eigenvalue weighted by molar-refractivity contribution is -0.142. The number of anilines is 1. The van der Waals surface area contributed by atoms with Crippen molar-refractivity contribution in [2.75, 3.05) is 39.1 Å². The van der Waals surface area contributed by atoms with E-state index >= 15 is 0 Å². The minimum atomic E-state index is -4.42. The summed E-state index contributed by atoms with van der Waals surface area (Å²) in [4.78, 5) is 28.6. The second-order valence-corrected chi connectivity index (χ2v) is 8.26. The predicted octanol–water partition coefficient (Wildman–Crippen LogP) is 2.75. The second kappa shape index (κ2) is 10.3. The topological polar surface area (TPSA) is 82.1 Å². The van der Waals surface area contributed by atoms with Gasteiger partial charge in [0.25, 0.3) is 5.91 Å². The van der Waals surface area contributed by atoms with Crippen LogP contribution in [0.2, 0.25) is 0 Å². The number of nitrogens with one attached hydrogen (secondary N) is 1. The van der Waals surface area contributed by atoms with E-state index in [9.17, 15) is 27.9 Å². The molecule has 2 N–H and O–H groups in total. The molecule has 0 saturated heterocycles. The number of hydrogen-bond donors (Lipinski definition) is 2. The van der Waals surface area contributed by atoms with Crippen molar-refractivity contribution in [1.82, 2.24) is 9.80 Å². The largest absolute Gasteiger partial charge is 0.488 e. The quantitative estimate of drug-likeness (QED) is 0.675. The number of alkyl halides is 3. The maximum Gasteiger partial charge on any atom is 0.389 e. The van der Waals surface area contributed by atoms with Crippen molar-refractivity contribution in [3.63, 3.8) is 0 Å². The van der Waals surface area contributed by atoms with Crippen LogP contribution in [-0.4, -0.2) is 78.8 Å².